The zero-order valence-corrected chi connectivity index (χ0v) is 19.6. The number of aliphatic imine (C=N–C) groups is 1. The van der Waals surface area contributed by atoms with E-state index in [4.69, 9.17) is 4.98 Å². The minimum Gasteiger partial charge on any atom is -0.356 e. The topological polar surface area (TPSA) is 69.6 Å². The smallest absolute Gasteiger partial charge is 0.243 e. The number of likely N-dealkylation sites (N-methyl/N-ethyl adjacent to an activating group) is 1. The number of amides is 1. The first kappa shape index (κ1) is 22.4. The highest BCUT2D eigenvalue weighted by Crippen LogP contribution is 2.26. The zero-order valence-electron chi connectivity index (χ0n) is 16.4. The summed E-state index contributed by atoms with van der Waals surface area (Å²) in [5.41, 5.74) is 1.32. The van der Waals surface area contributed by atoms with Crippen LogP contribution in [-0.4, -0.2) is 55.0 Å². The molecule has 1 saturated carbocycles. The van der Waals surface area contributed by atoms with Crippen molar-refractivity contribution in [2.24, 2.45) is 4.99 Å². The molecule has 27 heavy (non-hydrogen) atoms. The van der Waals surface area contributed by atoms with Crippen molar-refractivity contribution < 1.29 is 4.79 Å². The molecule has 2 aliphatic carbocycles. The molecule has 152 valence electrons. The van der Waals surface area contributed by atoms with E-state index in [0.29, 0.717) is 6.04 Å². The summed E-state index contributed by atoms with van der Waals surface area (Å²) in [6.07, 6.45) is 10.7. The van der Waals surface area contributed by atoms with E-state index in [1.807, 2.05) is 11.3 Å². The maximum absolute atomic E-state index is 11.8. The van der Waals surface area contributed by atoms with Crippen LogP contribution in [-0.2, 0) is 24.1 Å². The van der Waals surface area contributed by atoms with Gasteiger partial charge < -0.3 is 15.5 Å². The van der Waals surface area contributed by atoms with Crippen molar-refractivity contribution in [2.75, 3.05) is 27.2 Å². The third kappa shape index (κ3) is 6.89. The zero-order chi connectivity index (χ0) is 18.4. The molecule has 1 amide bonds. The molecule has 0 atom stereocenters. The molecular formula is C19H32IN5OS. The first-order chi connectivity index (χ1) is 12.6. The molecule has 6 nitrogen and oxygen atoms in total. The summed E-state index contributed by atoms with van der Waals surface area (Å²) in [6.45, 7) is 0.974. The molecule has 0 bridgehead atoms. The van der Waals surface area contributed by atoms with Gasteiger partial charge in [0, 0.05) is 38.0 Å². The second-order valence-electron chi connectivity index (χ2n) is 7.44. The molecule has 0 unspecified atom stereocenters. The maximum Gasteiger partial charge on any atom is 0.243 e. The normalized spacial score (nSPS) is 17.2. The number of nitrogens with one attached hydrogen (secondary N) is 2. The number of rotatable bonds is 6. The fraction of sp³-hybridized carbons (Fsp3) is 0.737. The van der Waals surface area contributed by atoms with Gasteiger partial charge in [-0.15, -0.1) is 35.3 Å². The highest BCUT2D eigenvalue weighted by Gasteiger charge is 2.17. The van der Waals surface area contributed by atoms with Crippen LogP contribution in [0.2, 0.25) is 0 Å². The van der Waals surface area contributed by atoms with Gasteiger partial charge in [0.15, 0.2) is 5.96 Å². The van der Waals surface area contributed by atoms with Crippen molar-refractivity contribution in [1.29, 1.82) is 0 Å². The Morgan fingerprint density at radius 2 is 1.96 bits per heavy atom. The van der Waals surface area contributed by atoms with Gasteiger partial charge in [0.1, 0.15) is 6.54 Å². The summed E-state index contributed by atoms with van der Waals surface area (Å²) in [5, 5.41) is 8.12. The van der Waals surface area contributed by atoms with Gasteiger partial charge in [-0.05, 0) is 38.5 Å². The molecule has 3 rings (SSSR count). The van der Waals surface area contributed by atoms with Crippen LogP contribution < -0.4 is 10.6 Å². The number of fused-ring (bicyclic) bond motifs is 1. The van der Waals surface area contributed by atoms with Gasteiger partial charge in [0.05, 0.1) is 10.7 Å². The van der Waals surface area contributed by atoms with Crippen LogP contribution in [0.3, 0.4) is 0 Å². The lowest BCUT2D eigenvalue weighted by Gasteiger charge is -2.17. The number of carbonyl (C=O) groups is 1. The van der Waals surface area contributed by atoms with Gasteiger partial charge in [0.25, 0.3) is 0 Å². The van der Waals surface area contributed by atoms with Crippen molar-refractivity contribution in [3.05, 3.63) is 15.6 Å². The van der Waals surface area contributed by atoms with E-state index in [2.05, 4.69) is 15.6 Å². The summed E-state index contributed by atoms with van der Waals surface area (Å²) >= 11 is 1.87. The van der Waals surface area contributed by atoms with Gasteiger partial charge in [-0.1, -0.05) is 12.8 Å². The summed E-state index contributed by atoms with van der Waals surface area (Å²) in [6, 6.07) is 0.475. The van der Waals surface area contributed by atoms with E-state index in [-0.39, 0.29) is 36.4 Å². The SMILES string of the molecule is CN(C)C(=O)CN=C(NCCc1nc2c(s1)CCCC2)NC1CCCC1.I. The molecule has 8 heteroatoms. The summed E-state index contributed by atoms with van der Waals surface area (Å²) in [4.78, 5) is 24.2. The Balaban J connectivity index is 0.00000261. The minimum atomic E-state index is 0. The lowest BCUT2D eigenvalue weighted by Crippen LogP contribution is -2.43. The number of nitrogens with zero attached hydrogens (tertiary/aromatic N) is 3. The van der Waals surface area contributed by atoms with Crippen LogP contribution in [0.4, 0.5) is 0 Å². The molecule has 1 aromatic rings. The van der Waals surface area contributed by atoms with Crippen LogP contribution in [0.25, 0.3) is 0 Å². The average molecular weight is 505 g/mol. The molecule has 0 saturated heterocycles. The second kappa shape index (κ2) is 11.2. The first-order valence-electron chi connectivity index (χ1n) is 9.84. The Morgan fingerprint density at radius 3 is 2.67 bits per heavy atom. The van der Waals surface area contributed by atoms with Crippen LogP contribution in [0, 0.1) is 0 Å². The van der Waals surface area contributed by atoms with E-state index >= 15 is 0 Å². The Bertz CT molecular complexity index is 617. The van der Waals surface area contributed by atoms with Crippen LogP contribution >= 0.6 is 35.3 Å². The highest BCUT2D eigenvalue weighted by atomic mass is 127. The Kier molecular flexibility index (Phi) is 9.28. The Morgan fingerprint density at radius 1 is 1.22 bits per heavy atom. The standard InChI is InChI=1S/C19H31N5OS.HI/c1-24(2)18(25)13-21-19(22-14-7-3-4-8-14)20-12-11-17-23-15-9-5-6-10-16(15)26-17;/h14H,3-13H2,1-2H3,(H2,20,21,22);1H. The third-order valence-electron chi connectivity index (χ3n) is 5.09. The largest absolute Gasteiger partial charge is 0.356 e. The predicted octanol–water partition coefficient (Wildman–Crippen LogP) is 2.75. The molecule has 1 heterocycles. The van der Waals surface area contributed by atoms with Gasteiger partial charge in [-0.3, -0.25) is 4.79 Å². The van der Waals surface area contributed by atoms with Gasteiger partial charge in [0.2, 0.25) is 5.91 Å². The van der Waals surface area contributed by atoms with Gasteiger partial charge >= 0.3 is 0 Å². The predicted molar refractivity (Wildman–Crippen MR) is 122 cm³/mol. The van der Waals surface area contributed by atoms with E-state index in [1.54, 1.807) is 19.0 Å². The lowest BCUT2D eigenvalue weighted by atomic mass is 10.0. The number of carbonyl (C=O) groups excluding carboxylic acids is 1. The molecule has 0 spiro atoms. The Labute approximate surface area is 183 Å². The first-order valence-corrected chi connectivity index (χ1v) is 10.7. The summed E-state index contributed by atoms with van der Waals surface area (Å²) in [5.74, 6) is 0.776. The maximum atomic E-state index is 11.8. The van der Waals surface area contributed by atoms with Gasteiger partial charge in [-0.2, -0.15) is 0 Å². The molecule has 0 aliphatic heterocycles. The summed E-state index contributed by atoms with van der Waals surface area (Å²) < 4.78 is 0. The van der Waals surface area contributed by atoms with Crippen LogP contribution in [0.5, 0.6) is 0 Å². The van der Waals surface area contributed by atoms with E-state index in [9.17, 15) is 4.79 Å². The molecular weight excluding hydrogens is 473 g/mol. The monoisotopic (exact) mass is 505 g/mol. The van der Waals surface area contributed by atoms with Crippen molar-refractivity contribution in [2.45, 2.75) is 63.8 Å². The fourth-order valence-electron chi connectivity index (χ4n) is 3.50. The molecule has 2 aliphatic rings. The number of aryl methyl sites for hydroxylation is 2. The number of halogens is 1. The molecule has 0 radical (unpaired) electrons. The molecule has 0 aromatic carbocycles. The van der Waals surface area contributed by atoms with Crippen molar-refractivity contribution in [3.8, 4) is 0 Å². The molecule has 1 aromatic heterocycles. The second-order valence-corrected chi connectivity index (χ2v) is 8.61. The molecule has 2 N–H and O–H groups in total. The summed E-state index contributed by atoms with van der Waals surface area (Å²) in [7, 11) is 3.53. The van der Waals surface area contributed by atoms with E-state index < -0.39 is 0 Å². The highest BCUT2D eigenvalue weighted by molar-refractivity contribution is 14.0. The lowest BCUT2D eigenvalue weighted by molar-refractivity contribution is -0.127. The van der Waals surface area contributed by atoms with E-state index in [1.165, 1.54) is 60.5 Å². The number of aromatic nitrogens is 1. The van der Waals surface area contributed by atoms with Crippen LogP contribution in [0.15, 0.2) is 4.99 Å². The number of hydrogen-bond acceptors (Lipinski definition) is 4. The van der Waals surface area contributed by atoms with Crippen molar-refractivity contribution in [1.82, 2.24) is 20.5 Å². The number of guanidine groups is 1. The quantitative estimate of drug-likeness (QED) is 0.355. The van der Waals surface area contributed by atoms with E-state index in [0.717, 1.165) is 25.3 Å². The van der Waals surface area contributed by atoms with Gasteiger partial charge in [-0.25, -0.2) is 9.98 Å². The average Bonchev–Trinajstić information content (AvgIpc) is 3.27. The third-order valence-corrected chi connectivity index (χ3v) is 6.31. The van der Waals surface area contributed by atoms with Crippen molar-refractivity contribution >= 4 is 47.2 Å². The van der Waals surface area contributed by atoms with Crippen LogP contribution in [0.1, 0.15) is 54.1 Å². The molecule has 1 fully saturated rings. The van der Waals surface area contributed by atoms with Crippen molar-refractivity contribution in [3.63, 3.8) is 0 Å². The Hall–Kier alpha value is -0.900. The number of hydrogen-bond donors (Lipinski definition) is 2. The fourth-order valence-corrected chi connectivity index (χ4v) is 4.66. The number of thiazole rings is 1. The minimum absolute atomic E-state index is 0.